The minimum Gasteiger partial charge on any atom is -0.494 e. The zero-order valence-corrected chi connectivity index (χ0v) is 16.8. The molecule has 0 spiro atoms. The van der Waals surface area contributed by atoms with Gasteiger partial charge in [0, 0.05) is 12.5 Å². The average molecular weight is 391 g/mol. The van der Waals surface area contributed by atoms with Gasteiger partial charge in [0.25, 0.3) is 5.56 Å². The Hall–Kier alpha value is -3.15. The standard InChI is InChI=1S/C23H25N3O3/c1-15-24-19-10-6-5-9-18(19)23(28)26(15)17-11-12-20(21(14-17)29-2)25-22(27)13-16-7-3-4-8-16/h5-6,9-12,14,16H,3-4,7-8,13H2,1-2H3,(H,25,27). The molecule has 1 N–H and O–H groups in total. The van der Waals surface area contributed by atoms with Crippen LogP contribution in [0.3, 0.4) is 0 Å². The first-order chi connectivity index (χ1) is 14.1. The van der Waals surface area contributed by atoms with Crippen LogP contribution in [0.5, 0.6) is 5.75 Å². The highest BCUT2D eigenvalue weighted by Crippen LogP contribution is 2.30. The van der Waals surface area contributed by atoms with Crippen LogP contribution in [-0.2, 0) is 4.79 Å². The van der Waals surface area contributed by atoms with E-state index in [-0.39, 0.29) is 11.5 Å². The van der Waals surface area contributed by atoms with Crippen molar-refractivity contribution in [3.05, 3.63) is 58.6 Å². The first-order valence-corrected chi connectivity index (χ1v) is 10.0. The van der Waals surface area contributed by atoms with E-state index in [1.165, 1.54) is 12.8 Å². The fourth-order valence-corrected chi connectivity index (χ4v) is 4.15. The summed E-state index contributed by atoms with van der Waals surface area (Å²) >= 11 is 0. The second kappa shape index (κ2) is 8.07. The average Bonchev–Trinajstić information content (AvgIpc) is 3.21. The van der Waals surface area contributed by atoms with Gasteiger partial charge in [0.1, 0.15) is 11.6 Å². The van der Waals surface area contributed by atoms with Crippen LogP contribution in [0.4, 0.5) is 5.69 Å². The lowest BCUT2D eigenvalue weighted by Gasteiger charge is -2.16. The number of aromatic nitrogens is 2. The SMILES string of the molecule is COc1cc(-n2c(C)nc3ccccc3c2=O)ccc1NC(=O)CC1CCCC1. The molecule has 1 aliphatic rings. The molecule has 1 aromatic heterocycles. The van der Waals surface area contributed by atoms with E-state index < -0.39 is 0 Å². The van der Waals surface area contributed by atoms with Gasteiger partial charge in [0.05, 0.1) is 29.4 Å². The van der Waals surface area contributed by atoms with E-state index in [1.54, 1.807) is 42.9 Å². The van der Waals surface area contributed by atoms with Crippen molar-refractivity contribution < 1.29 is 9.53 Å². The van der Waals surface area contributed by atoms with Crippen molar-refractivity contribution in [2.24, 2.45) is 5.92 Å². The molecule has 150 valence electrons. The van der Waals surface area contributed by atoms with E-state index >= 15 is 0 Å². The summed E-state index contributed by atoms with van der Waals surface area (Å²) in [6.45, 7) is 1.80. The van der Waals surface area contributed by atoms with Crippen LogP contribution in [0.15, 0.2) is 47.3 Å². The number of hydrogen-bond donors (Lipinski definition) is 1. The molecule has 0 saturated heterocycles. The monoisotopic (exact) mass is 391 g/mol. The summed E-state index contributed by atoms with van der Waals surface area (Å²) in [5, 5.41) is 3.52. The Morgan fingerprint density at radius 2 is 1.97 bits per heavy atom. The molecule has 0 bridgehead atoms. The molecule has 0 unspecified atom stereocenters. The van der Waals surface area contributed by atoms with Gasteiger partial charge in [-0.3, -0.25) is 14.2 Å². The third kappa shape index (κ3) is 3.88. The molecule has 0 aliphatic heterocycles. The predicted octanol–water partition coefficient (Wildman–Crippen LogP) is 4.22. The Morgan fingerprint density at radius 3 is 2.72 bits per heavy atom. The van der Waals surface area contributed by atoms with Crippen molar-refractivity contribution in [3.8, 4) is 11.4 Å². The number of nitrogens with zero attached hydrogens (tertiary/aromatic N) is 2. The summed E-state index contributed by atoms with van der Waals surface area (Å²) in [6, 6.07) is 12.6. The summed E-state index contributed by atoms with van der Waals surface area (Å²) in [6.07, 6.45) is 5.22. The summed E-state index contributed by atoms with van der Waals surface area (Å²) in [5.41, 5.74) is 1.80. The third-order valence-corrected chi connectivity index (χ3v) is 5.61. The molecule has 0 atom stereocenters. The molecule has 4 rings (SSSR count). The molecule has 1 heterocycles. The molecule has 0 radical (unpaired) electrons. The summed E-state index contributed by atoms with van der Waals surface area (Å²) in [7, 11) is 1.56. The Bertz CT molecular complexity index is 1110. The molecule has 3 aromatic rings. The number of carbonyl (C=O) groups excluding carboxylic acids is 1. The number of methoxy groups -OCH3 is 1. The number of anilines is 1. The topological polar surface area (TPSA) is 73.2 Å². The maximum Gasteiger partial charge on any atom is 0.265 e. The number of amides is 1. The first-order valence-electron chi connectivity index (χ1n) is 10.0. The highest BCUT2D eigenvalue weighted by Gasteiger charge is 2.19. The number of rotatable bonds is 5. The zero-order chi connectivity index (χ0) is 20.4. The van der Waals surface area contributed by atoms with E-state index in [9.17, 15) is 9.59 Å². The molecular formula is C23H25N3O3. The van der Waals surface area contributed by atoms with Crippen LogP contribution >= 0.6 is 0 Å². The quantitative estimate of drug-likeness (QED) is 0.707. The van der Waals surface area contributed by atoms with Crippen molar-refractivity contribution in [2.45, 2.75) is 39.0 Å². The number of aryl methyl sites for hydroxylation is 1. The van der Waals surface area contributed by atoms with E-state index in [2.05, 4.69) is 10.3 Å². The van der Waals surface area contributed by atoms with Crippen molar-refractivity contribution in [2.75, 3.05) is 12.4 Å². The zero-order valence-electron chi connectivity index (χ0n) is 16.8. The normalized spacial score (nSPS) is 14.3. The molecule has 6 heteroatoms. The fourth-order valence-electron chi connectivity index (χ4n) is 4.15. The minimum absolute atomic E-state index is 0.00340. The van der Waals surface area contributed by atoms with Crippen LogP contribution in [0.1, 0.15) is 37.9 Å². The minimum atomic E-state index is -0.131. The van der Waals surface area contributed by atoms with Gasteiger partial charge < -0.3 is 10.1 Å². The lowest BCUT2D eigenvalue weighted by atomic mass is 10.0. The molecule has 2 aromatic carbocycles. The highest BCUT2D eigenvalue weighted by molar-refractivity contribution is 5.92. The molecule has 1 fully saturated rings. The van der Waals surface area contributed by atoms with Crippen LogP contribution < -0.4 is 15.6 Å². The second-order valence-corrected chi connectivity index (χ2v) is 7.60. The largest absolute Gasteiger partial charge is 0.494 e. The van der Waals surface area contributed by atoms with Crippen molar-refractivity contribution in [3.63, 3.8) is 0 Å². The van der Waals surface area contributed by atoms with Gasteiger partial charge in [-0.15, -0.1) is 0 Å². The molecule has 29 heavy (non-hydrogen) atoms. The second-order valence-electron chi connectivity index (χ2n) is 7.60. The first kappa shape index (κ1) is 19.2. The summed E-state index contributed by atoms with van der Waals surface area (Å²) in [5.74, 6) is 1.59. The third-order valence-electron chi connectivity index (χ3n) is 5.61. The van der Waals surface area contributed by atoms with E-state index in [4.69, 9.17) is 4.74 Å². The fraction of sp³-hybridized carbons (Fsp3) is 0.348. The number of para-hydroxylation sites is 1. The molecule has 1 amide bonds. The molecule has 1 saturated carbocycles. The van der Waals surface area contributed by atoms with E-state index in [0.29, 0.717) is 46.2 Å². The number of nitrogens with one attached hydrogen (secondary N) is 1. The van der Waals surface area contributed by atoms with Gasteiger partial charge in [-0.05, 0) is 49.9 Å². The summed E-state index contributed by atoms with van der Waals surface area (Å²) < 4.78 is 7.06. The number of benzene rings is 2. The number of hydrogen-bond acceptors (Lipinski definition) is 4. The smallest absolute Gasteiger partial charge is 0.265 e. The Morgan fingerprint density at radius 1 is 1.21 bits per heavy atom. The number of ether oxygens (including phenoxy) is 1. The molecular weight excluding hydrogens is 366 g/mol. The maximum absolute atomic E-state index is 13.0. The van der Waals surface area contributed by atoms with Gasteiger partial charge in [-0.25, -0.2) is 4.98 Å². The highest BCUT2D eigenvalue weighted by atomic mass is 16.5. The Kier molecular flexibility index (Phi) is 5.34. The number of carbonyl (C=O) groups is 1. The van der Waals surface area contributed by atoms with Crippen LogP contribution in [0, 0.1) is 12.8 Å². The van der Waals surface area contributed by atoms with Crippen LogP contribution in [0.2, 0.25) is 0 Å². The lowest BCUT2D eigenvalue weighted by molar-refractivity contribution is -0.117. The Labute approximate surface area is 169 Å². The van der Waals surface area contributed by atoms with Gasteiger partial charge in [-0.1, -0.05) is 25.0 Å². The van der Waals surface area contributed by atoms with Crippen LogP contribution in [0.25, 0.3) is 16.6 Å². The van der Waals surface area contributed by atoms with Gasteiger partial charge in [0.15, 0.2) is 0 Å². The predicted molar refractivity (Wildman–Crippen MR) is 114 cm³/mol. The Balaban J connectivity index is 1.65. The maximum atomic E-state index is 13.0. The van der Waals surface area contributed by atoms with E-state index in [0.717, 1.165) is 12.8 Å². The van der Waals surface area contributed by atoms with Gasteiger partial charge >= 0.3 is 0 Å². The summed E-state index contributed by atoms with van der Waals surface area (Å²) in [4.78, 5) is 30.0. The van der Waals surface area contributed by atoms with Crippen molar-refractivity contribution in [1.29, 1.82) is 0 Å². The van der Waals surface area contributed by atoms with E-state index in [1.807, 2.05) is 18.2 Å². The molecule has 1 aliphatic carbocycles. The van der Waals surface area contributed by atoms with Crippen LogP contribution in [-0.4, -0.2) is 22.6 Å². The van der Waals surface area contributed by atoms with Gasteiger partial charge in [-0.2, -0.15) is 0 Å². The number of fused-ring (bicyclic) bond motifs is 1. The van der Waals surface area contributed by atoms with Crippen molar-refractivity contribution in [1.82, 2.24) is 9.55 Å². The lowest BCUT2D eigenvalue weighted by Crippen LogP contribution is -2.22. The molecule has 6 nitrogen and oxygen atoms in total. The van der Waals surface area contributed by atoms with Gasteiger partial charge in [0.2, 0.25) is 5.91 Å². The van der Waals surface area contributed by atoms with Crippen molar-refractivity contribution >= 4 is 22.5 Å².